The molecule has 38 heavy (non-hydrogen) atoms. The predicted molar refractivity (Wildman–Crippen MR) is 161 cm³/mol. The monoisotopic (exact) mass is 523 g/mol. The van der Waals surface area contributed by atoms with Crippen molar-refractivity contribution in [1.82, 2.24) is 4.98 Å². The van der Waals surface area contributed by atoms with Crippen LogP contribution in [0, 0.1) is 11.8 Å². The molecule has 1 aromatic heterocycles. The summed E-state index contributed by atoms with van der Waals surface area (Å²) in [4.78, 5) is 4.58. The van der Waals surface area contributed by atoms with Crippen LogP contribution in [0.2, 0.25) is 0 Å². The fourth-order valence-electron chi connectivity index (χ4n) is 5.93. The van der Waals surface area contributed by atoms with Crippen LogP contribution >= 0.6 is 0 Å². The SMILES string of the molecule is CCCCCC[C@H](F)COc1ccc(-c2ccc(C3CCC(CCCCCCCC(C)C)CC3)cc2)nc1. The maximum atomic E-state index is 14.1. The van der Waals surface area contributed by atoms with Crippen LogP contribution < -0.4 is 4.74 Å². The summed E-state index contributed by atoms with van der Waals surface area (Å²) in [6, 6.07) is 12.9. The van der Waals surface area contributed by atoms with Crippen LogP contribution in [0.4, 0.5) is 4.39 Å². The minimum Gasteiger partial charge on any atom is -0.489 e. The number of alkyl halides is 1. The number of benzene rings is 1. The molecule has 1 heterocycles. The van der Waals surface area contributed by atoms with Crippen molar-refractivity contribution in [1.29, 1.82) is 0 Å². The summed E-state index contributed by atoms with van der Waals surface area (Å²) in [6.07, 6.45) is 21.2. The molecule has 3 heteroatoms. The molecule has 0 bridgehead atoms. The highest BCUT2D eigenvalue weighted by Gasteiger charge is 2.22. The van der Waals surface area contributed by atoms with Crippen molar-refractivity contribution in [2.75, 3.05) is 6.61 Å². The van der Waals surface area contributed by atoms with Gasteiger partial charge in [0.25, 0.3) is 0 Å². The highest BCUT2D eigenvalue weighted by molar-refractivity contribution is 5.60. The van der Waals surface area contributed by atoms with Gasteiger partial charge in [-0.25, -0.2) is 4.39 Å². The van der Waals surface area contributed by atoms with Crippen molar-refractivity contribution >= 4 is 0 Å². The fourth-order valence-corrected chi connectivity index (χ4v) is 5.93. The second-order valence-electron chi connectivity index (χ2n) is 12.2. The maximum absolute atomic E-state index is 14.1. The molecule has 0 N–H and O–H groups in total. The van der Waals surface area contributed by atoms with Crippen LogP contribution in [0.3, 0.4) is 0 Å². The molecule has 2 aromatic rings. The molecule has 1 atom stereocenters. The van der Waals surface area contributed by atoms with Gasteiger partial charge in [-0.05, 0) is 67.6 Å². The Balaban J connectivity index is 1.34. The first-order valence-corrected chi connectivity index (χ1v) is 15.9. The highest BCUT2D eigenvalue weighted by atomic mass is 19.1. The molecule has 0 aliphatic heterocycles. The smallest absolute Gasteiger partial charge is 0.137 e. The molecular formula is C35H54FNO. The molecule has 1 fully saturated rings. The number of halogens is 1. The summed E-state index contributed by atoms with van der Waals surface area (Å²) >= 11 is 0. The molecule has 0 unspecified atom stereocenters. The molecule has 1 aliphatic carbocycles. The summed E-state index contributed by atoms with van der Waals surface area (Å²) in [7, 11) is 0. The van der Waals surface area contributed by atoms with Gasteiger partial charge in [0, 0.05) is 5.56 Å². The lowest BCUT2D eigenvalue weighted by Gasteiger charge is -2.29. The van der Waals surface area contributed by atoms with E-state index in [4.69, 9.17) is 4.74 Å². The van der Waals surface area contributed by atoms with Crippen LogP contribution in [0.25, 0.3) is 11.3 Å². The molecule has 3 rings (SSSR count). The zero-order valence-electron chi connectivity index (χ0n) is 24.6. The summed E-state index contributed by atoms with van der Waals surface area (Å²) in [5.74, 6) is 3.15. The first kappa shape index (κ1) is 30.6. The lowest BCUT2D eigenvalue weighted by molar-refractivity contribution is 0.183. The number of hydrogen-bond donors (Lipinski definition) is 0. The van der Waals surface area contributed by atoms with Crippen LogP contribution in [-0.4, -0.2) is 17.8 Å². The van der Waals surface area contributed by atoms with Gasteiger partial charge < -0.3 is 4.74 Å². The molecule has 0 radical (unpaired) electrons. The van der Waals surface area contributed by atoms with E-state index >= 15 is 0 Å². The second-order valence-corrected chi connectivity index (χ2v) is 12.2. The number of pyridine rings is 1. The third-order valence-corrected chi connectivity index (χ3v) is 8.46. The van der Waals surface area contributed by atoms with Crippen molar-refractivity contribution in [2.24, 2.45) is 11.8 Å². The first-order valence-electron chi connectivity index (χ1n) is 15.9. The number of hydrogen-bond acceptors (Lipinski definition) is 2. The minimum absolute atomic E-state index is 0.114. The number of nitrogens with zero attached hydrogens (tertiary/aromatic N) is 1. The number of aromatic nitrogens is 1. The van der Waals surface area contributed by atoms with E-state index in [9.17, 15) is 4.39 Å². The number of ether oxygens (including phenoxy) is 1. The Morgan fingerprint density at radius 2 is 1.50 bits per heavy atom. The van der Waals surface area contributed by atoms with Crippen LogP contribution in [-0.2, 0) is 0 Å². The number of rotatable bonds is 18. The van der Waals surface area contributed by atoms with E-state index in [1.807, 2.05) is 12.1 Å². The minimum atomic E-state index is -0.904. The van der Waals surface area contributed by atoms with Gasteiger partial charge in [-0.15, -0.1) is 0 Å². The van der Waals surface area contributed by atoms with E-state index in [1.165, 1.54) is 89.0 Å². The van der Waals surface area contributed by atoms with E-state index in [0.29, 0.717) is 18.1 Å². The van der Waals surface area contributed by atoms with Crippen molar-refractivity contribution in [3.05, 3.63) is 48.2 Å². The topological polar surface area (TPSA) is 22.1 Å². The third-order valence-electron chi connectivity index (χ3n) is 8.46. The Kier molecular flexibility index (Phi) is 14.2. The zero-order valence-corrected chi connectivity index (χ0v) is 24.6. The molecule has 212 valence electrons. The molecule has 0 spiro atoms. The Morgan fingerprint density at radius 3 is 2.18 bits per heavy atom. The molecule has 0 amide bonds. The van der Waals surface area contributed by atoms with Gasteiger partial charge in [-0.3, -0.25) is 4.98 Å². The van der Waals surface area contributed by atoms with E-state index in [2.05, 4.69) is 50.0 Å². The largest absolute Gasteiger partial charge is 0.489 e. The van der Waals surface area contributed by atoms with E-state index in [-0.39, 0.29) is 6.61 Å². The Morgan fingerprint density at radius 1 is 0.816 bits per heavy atom. The third kappa shape index (κ3) is 11.5. The molecule has 1 aliphatic rings. The average Bonchev–Trinajstić information content (AvgIpc) is 2.94. The molecule has 1 aromatic carbocycles. The Labute approximate surface area is 233 Å². The second kappa shape index (κ2) is 17.6. The van der Waals surface area contributed by atoms with Crippen molar-refractivity contribution in [2.45, 2.75) is 136 Å². The Bertz CT molecular complexity index is 855. The van der Waals surface area contributed by atoms with Crippen molar-refractivity contribution < 1.29 is 9.13 Å². The van der Waals surface area contributed by atoms with Crippen LogP contribution in [0.5, 0.6) is 5.75 Å². The maximum Gasteiger partial charge on any atom is 0.137 e. The average molecular weight is 524 g/mol. The zero-order chi connectivity index (χ0) is 27.0. The van der Waals surface area contributed by atoms with Gasteiger partial charge in [0.15, 0.2) is 0 Å². The summed E-state index contributed by atoms with van der Waals surface area (Å²) in [5, 5.41) is 0. The van der Waals surface area contributed by atoms with Gasteiger partial charge in [-0.1, -0.05) is 116 Å². The highest BCUT2D eigenvalue weighted by Crippen LogP contribution is 2.38. The Hall–Kier alpha value is -1.90. The molecule has 2 nitrogen and oxygen atoms in total. The normalized spacial score (nSPS) is 18.6. The summed E-state index contributed by atoms with van der Waals surface area (Å²) in [5.41, 5.74) is 3.54. The van der Waals surface area contributed by atoms with Crippen LogP contribution in [0.1, 0.15) is 135 Å². The van der Waals surface area contributed by atoms with Gasteiger partial charge in [0.2, 0.25) is 0 Å². The lowest BCUT2D eigenvalue weighted by atomic mass is 9.77. The molecular weight excluding hydrogens is 469 g/mol. The van der Waals surface area contributed by atoms with E-state index in [1.54, 1.807) is 6.20 Å². The quantitative estimate of drug-likeness (QED) is 0.181. The van der Waals surface area contributed by atoms with Gasteiger partial charge in [-0.2, -0.15) is 0 Å². The molecule has 0 saturated heterocycles. The predicted octanol–water partition coefficient (Wildman–Crippen LogP) is 11.1. The molecule has 1 saturated carbocycles. The van der Waals surface area contributed by atoms with E-state index < -0.39 is 6.17 Å². The van der Waals surface area contributed by atoms with E-state index in [0.717, 1.165) is 35.9 Å². The number of unbranched alkanes of at least 4 members (excludes halogenated alkanes) is 7. The van der Waals surface area contributed by atoms with Gasteiger partial charge in [0.05, 0.1) is 11.9 Å². The van der Waals surface area contributed by atoms with Crippen LogP contribution in [0.15, 0.2) is 42.6 Å². The summed E-state index contributed by atoms with van der Waals surface area (Å²) < 4.78 is 19.7. The van der Waals surface area contributed by atoms with Crippen molar-refractivity contribution in [3.8, 4) is 17.0 Å². The standard InChI is InChI=1S/C35H54FNO/c1-4-5-6-12-15-33(36)27-38-34-24-25-35(37-26-34)32-22-20-31(21-23-32)30-18-16-29(17-19-30)14-11-9-7-8-10-13-28(2)3/h20-26,28-30,33H,4-19,27H2,1-3H3/t29?,30?,33-/m0/s1. The fraction of sp³-hybridized carbons (Fsp3) is 0.686. The summed E-state index contributed by atoms with van der Waals surface area (Å²) in [6.45, 7) is 6.95. The van der Waals surface area contributed by atoms with Gasteiger partial charge in [0.1, 0.15) is 18.5 Å². The van der Waals surface area contributed by atoms with Crippen molar-refractivity contribution in [3.63, 3.8) is 0 Å². The lowest BCUT2D eigenvalue weighted by Crippen LogP contribution is -2.13. The first-order chi connectivity index (χ1) is 18.5. The van der Waals surface area contributed by atoms with Gasteiger partial charge >= 0.3 is 0 Å².